The highest BCUT2D eigenvalue weighted by Gasteiger charge is 2.29. The smallest absolute Gasteiger partial charge is 0.327 e. The lowest BCUT2D eigenvalue weighted by atomic mass is 10.5. The molecule has 10 nitrogen and oxygen atoms in total. The minimum Gasteiger partial charge on any atom is -0.327 e. The van der Waals surface area contributed by atoms with Gasteiger partial charge in [0, 0.05) is 19.3 Å². The number of hydrogen-bond donors (Lipinski definition) is 0. The van der Waals surface area contributed by atoms with Crippen molar-refractivity contribution in [2.24, 2.45) is 0 Å². The van der Waals surface area contributed by atoms with Crippen LogP contribution in [0.1, 0.15) is 27.7 Å². The van der Waals surface area contributed by atoms with Crippen molar-refractivity contribution in [1.29, 1.82) is 0 Å². The zero-order valence-electron chi connectivity index (χ0n) is 14.2. The van der Waals surface area contributed by atoms with E-state index >= 15 is 0 Å². The molecule has 1 atom stereocenters. The molecule has 12 heteroatoms. The lowest BCUT2D eigenvalue weighted by molar-refractivity contribution is 0.201. The first-order valence-corrected chi connectivity index (χ1v) is 11.0. The van der Waals surface area contributed by atoms with E-state index in [0.717, 1.165) is 11.0 Å². The van der Waals surface area contributed by atoms with Gasteiger partial charge in [0.2, 0.25) is 7.37 Å². The third-order valence-electron chi connectivity index (χ3n) is 3.18. The molecule has 0 spiro atoms. The van der Waals surface area contributed by atoms with Gasteiger partial charge in [-0.25, -0.2) is 9.78 Å². The summed E-state index contributed by atoms with van der Waals surface area (Å²) in [5.74, 6) is 0. The normalized spacial score (nSPS) is 14.3. The maximum atomic E-state index is 12.2. The summed E-state index contributed by atoms with van der Waals surface area (Å²) in [5, 5.41) is 2.98. The van der Waals surface area contributed by atoms with E-state index < -0.39 is 35.0 Å². The van der Waals surface area contributed by atoms with E-state index in [-0.39, 0.29) is 12.8 Å². The van der Waals surface area contributed by atoms with Gasteiger partial charge in [-0.15, -0.1) is 5.10 Å². The van der Waals surface area contributed by atoms with E-state index in [4.69, 9.17) is 8.71 Å². The molecule has 1 heterocycles. The number of carbonyl (C=O) groups excluding carboxylic acids is 1. The molecule has 1 aromatic rings. The number of nitrogens with zero attached hydrogens (tertiary/aromatic N) is 4. The summed E-state index contributed by atoms with van der Waals surface area (Å²) in [7, 11) is -7.53. The number of carbonyl (C=O) groups is 1. The SMILES string of the molecule is CCOP(=O)(CC)COS(=O)(=O)c1ncn(C(=O)N(CC)CC)n1. The predicted molar refractivity (Wildman–Crippen MR) is 86.6 cm³/mol. The van der Waals surface area contributed by atoms with E-state index in [9.17, 15) is 17.8 Å². The molecule has 1 unspecified atom stereocenters. The van der Waals surface area contributed by atoms with E-state index in [0.29, 0.717) is 13.1 Å². The highest BCUT2D eigenvalue weighted by atomic mass is 32.2. The van der Waals surface area contributed by atoms with Gasteiger partial charge >= 0.3 is 16.1 Å². The summed E-state index contributed by atoms with van der Waals surface area (Å²) in [6.45, 7) is 7.91. The van der Waals surface area contributed by atoms with Crippen LogP contribution in [0.15, 0.2) is 11.5 Å². The molecule has 1 amide bonds. The number of hydrogen-bond acceptors (Lipinski definition) is 8. The van der Waals surface area contributed by atoms with Crippen LogP contribution < -0.4 is 0 Å². The molecule has 0 saturated carbocycles. The van der Waals surface area contributed by atoms with Gasteiger partial charge in [0.25, 0.3) is 5.16 Å². The molecule has 0 N–H and O–H groups in total. The molecule has 0 aliphatic carbocycles. The van der Waals surface area contributed by atoms with Gasteiger partial charge < -0.3 is 9.42 Å². The van der Waals surface area contributed by atoms with E-state index in [2.05, 4.69) is 10.1 Å². The van der Waals surface area contributed by atoms with Gasteiger partial charge in [0.05, 0.1) is 6.61 Å². The van der Waals surface area contributed by atoms with Crippen LogP contribution >= 0.6 is 7.37 Å². The Hall–Kier alpha value is -1.29. The topological polar surface area (TPSA) is 121 Å². The lowest BCUT2D eigenvalue weighted by Crippen LogP contribution is -2.34. The van der Waals surface area contributed by atoms with Gasteiger partial charge in [0.1, 0.15) is 12.7 Å². The van der Waals surface area contributed by atoms with Crippen molar-refractivity contribution in [1.82, 2.24) is 19.7 Å². The Bertz CT molecular complexity index is 700. The Labute approximate surface area is 141 Å². The van der Waals surface area contributed by atoms with Crippen LogP contribution in [0.3, 0.4) is 0 Å². The van der Waals surface area contributed by atoms with Crippen molar-refractivity contribution in [2.75, 3.05) is 32.2 Å². The Morgan fingerprint density at radius 1 is 1.29 bits per heavy atom. The van der Waals surface area contributed by atoms with E-state index in [1.54, 1.807) is 27.7 Å². The minimum absolute atomic E-state index is 0.138. The molecule has 1 aromatic heterocycles. The first-order valence-electron chi connectivity index (χ1n) is 7.55. The Morgan fingerprint density at radius 2 is 1.92 bits per heavy atom. The summed E-state index contributed by atoms with van der Waals surface area (Å²) in [4.78, 5) is 17.1. The van der Waals surface area contributed by atoms with E-state index in [1.165, 1.54) is 4.90 Å². The molecular weight excluding hydrogens is 359 g/mol. The maximum Gasteiger partial charge on any atom is 0.346 e. The molecule has 1 rings (SSSR count). The van der Waals surface area contributed by atoms with Crippen LogP contribution in [0.25, 0.3) is 0 Å². The second-order valence-corrected chi connectivity index (χ2v) is 8.96. The average Bonchev–Trinajstić information content (AvgIpc) is 3.05. The van der Waals surface area contributed by atoms with Crippen molar-refractivity contribution in [3.63, 3.8) is 0 Å². The quantitative estimate of drug-likeness (QED) is 0.466. The fourth-order valence-corrected chi connectivity index (χ4v) is 4.33. The lowest BCUT2D eigenvalue weighted by Gasteiger charge is -2.17. The summed E-state index contributed by atoms with van der Waals surface area (Å²) in [6, 6.07) is -0.498. The molecule has 0 aliphatic heterocycles. The third-order valence-corrected chi connectivity index (χ3v) is 6.63. The Morgan fingerprint density at radius 3 is 2.42 bits per heavy atom. The second kappa shape index (κ2) is 8.70. The van der Waals surface area contributed by atoms with Crippen LogP contribution in [0.2, 0.25) is 0 Å². The molecule has 0 bridgehead atoms. The summed E-state index contributed by atoms with van der Waals surface area (Å²) in [6.07, 6.45) is 0.537. The first kappa shape index (κ1) is 20.8. The van der Waals surface area contributed by atoms with Gasteiger partial charge in [-0.1, -0.05) is 6.92 Å². The number of rotatable bonds is 9. The van der Waals surface area contributed by atoms with E-state index in [1.807, 2.05) is 0 Å². The molecule has 0 fully saturated rings. The number of aromatic nitrogens is 3. The molecule has 0 aromatic carbocycles. The van der Waals surface area contributed by atoms with Crippen LogP contribution in [0.4, 0.5) is 4.79 Å². The molecule has 0 saturated heterocycles. The minimum atomic E-state index is -4.34. The van der Waals surface area contributed by atoms with Crippen LogP contribution in [-0.2, 0) is 23.4 Å². The third kappa shape index (κ3) is 5.10. The van der Waals surface area contributed by atoms with Gasteiger partial charge in [-0.05, 0) is 20.8 Å². The predicted octanol–water partition coefficient (Wildman–Crippen LogP) is 1.59. The highest BCUT2D eigenvalue weighted by Crippen LogP contribution is 2.46. The van der Waals surface area contributed by atoms with Crippen molar-refractivity contribution in [3.05, 3.63) is 6.33 Å². The zero-order chi connectivity index (χ0) is 18.4. The summed E-state index contributed by atoms with van der Waals surface area (Å²) >= 11 is 0. The molecule has 0 radical (unpaired) electrons. The molecule has 24 heavy (non-hydrogen) atoms. The molecular formula is C12H23N4O6PS. The standard InChI is InChI=1S/C12H23N4O6PS/c1-5-15(6-2)12(17)16-9-13-11(14-16)24(19,20)22-10-23(18,8-4)21-7-3/h9H,5-8,10H2,1-4H3. The fraction of sp³-hybridized carbons (Fsp3) is 0.750. The van der Waals surface area contributed by atoms with Crippen LogP contribution in [-0.4, -0.2) is 66.3 Å². The highest BCUT2D eigenvalue weighted by molar-refractivity contribution is 7.86. The Kier molecular flexibility index (Phi) is 7.53. The maximum absolute atomic E-state index is 12.2. The second-order valence-electron chi connectivity index (χ2n) is 4.68. The van der Waals surface area contributed by atoms with Crippen LogP contribution in [0.5, 0.6) is 0 Å². The monoisotopic (exact) mass is 382 g/mol. The van der Waals surface area contributed by atoms with Crippen molar-refractivity contribution >= 4 is 23.5 Å². The molecule has 0 aliphatic rings. The first-order chi connectivity index (χ1) is 11.2. The van der Waals surface area contributed by atoms with Crippen molar-refractivity contribution in [2.45, 2.75) is 32.9 Å². The van der Waals surface area contributed by atoms with Crippen molar-refractivity contribution < 1.29 is 26.5 Å². The van der Waals surface area contributed by atoms with Gasteiger partial charge in [-0.2, -0.15) is 13.1 Å². The average molecular weight is 382 g/mol. The summed E-state index contributed by atoms with van der Waals surface area (Å²) < 4.78 is 47.0. The zero-order valence-corrected chi connectivity index (χ0v) is 15.9. The van der Waals surface area contributed by atoms with Crippen molar-refractivity contribution in [3.8, 4) is 0 Å². The Balaban J connectivity index is 2.90. The summed E-state index contributed by atoms with van der Waals surface area (Å²) in [5.41, 5.74) is 0. The van der Waals surface area contributed by atoms with Gasteiger partial charge in [0.15, 0.2) is 0 Å². The van der Waals surface area contributed by atoms with Gasteiger partial charge in [-0.3, -0.25) is 8.75 Å². The fourth-order valence-electron chi connectivity index (χ4n) is 1.75. The molecule has 138 valence electrons. The number of amides is 1. The largest absolute Gasteiger partial charge is 0.346 e. The van der Waals surface area contributed by atoms with Crippen LogP contribution in [0, 0.1) is 0 Å².